The standard InChI is InChI=1S/C14H16N4O2/c15-13(16)12-10(6-7-17-14(12)20)18-8-11(19)9-4-2-1-3-5-9/h1-7,11,19H,8H2,(H3,15,16)(H2,17,18,20)/t11-/m1/s1. The second-order valence-electron chi connectivity index (χ2n) is 4.32. The SMILES string of the molecule is N=C(N)c1c(NC[C@@H](O)c2ccccc2)cc[nH]c1=O. The van der Waals surface area contributed by atoms with E-state index in [9.17, 15) is 9.90 Å². The van der Waals surface area contributed by atoms with Crippen molar-refractivity contribution in [2.75, 3.05) is 11.9 Å². The van der Waals surface area contributed by atoms with Crippen LogP contribution in [0.25, 0.3) is 0 Å². The van der Waals surface area contributed by atoms with Crippen LogP contribution in [-0.4, -0.2) is 22.5 Å². The molecule has 0 aliphatic rings. The third kappa shape index (κ3) is 3.04. The van der Waals surface area contributed by atoms with Crippen molar-refractivity contribution < 1.29 is 5.11 Å². The number of amidine groups is 1. The van der Waals surface area contributed by atoms with Crippen LogP contribution in [0, 0.1) is 5.41 Å². The number of H-pyrrole nitrogens is 1. The van der Waals surface area contributed by atoms with Crippen LogP contribution in [0.2, 0.25) is 0 Å². The largest absolute Gasteiger partial charge is 0.387 e. The van der Waals surface area contributed by atoms with Gasteiger partial charge in [-0.15, -0.1) is 0 Å². The number of nitrogen functional groups attached to an aromatic ring is 1. The molecular formula is C14H16N4O2. The fourth-order valence-corrected chi connectivity index (χ4v) is 1.89. The number of aliphatic hydroxyl groups excluding tert-OH is 1. The zero-order valence-electron chi connectivity index (χ0n) is 10.8. The summed E-state index contributed by atoms with van der Waals surface area (Å²) in [6.45, 7) is 0.216. The molecule has 1 heterocycles. The predicted molar refractivity (Wildman–Crippen MR) is 78.0 cm³/mol. The molecule has 104 valence electrons. The highest BCUT2D eigenvalue weighted by molar-refractivity contribution is 5.99. The third-order valence-corrected chi connectivity index (χ3v) is 2.90. The van der Waals surface area contributed by atoms with Crippen molar-refractivity contribution in [3.8, 4) is 0 Å². The minimum Gasteiger partial charge on any atom is -0.387 e. The molecule has 6 nitrogen and oxygen atoms in total. The first-order chi connectivity index (χ1) is 9.59. The molecule has 0 saturated heterocycles. The van der Waals surface area contributed by atoms with Gasteiger partial charge in [0, 0.05) is 12.7 Å². The van der Waals surface area contributed by atoms with Crippen molar-refractivity contribution in [1.29, 1.82) is 5.41 Å². The van der Waals surface area contributed by atoms with Crippen LogP contribution in [0.15, 0.2) is 47.4 Å². The molecular weight excluding hydrogens is 256 g/mol. The molecule has 0 aliphatic heterocycles. The summed E-state index contributed by atoms with van der Waals surface area (Å²) >= 11 is 0. The zero-order valence-corrected chi connectivity index (χ0v) is 10.8. The second-order valence-corrected chi connectivity index (χ2v) is 4.32. The lowest BCUT2D eigenvalue weighted by molar-refractivity contribution is 0.191. The van der Waals surface area contributed by atoms with Gasteiger partial charge < -0.3 is 21.1 Å². The first-order valence-electron chi connectivity index (χ1n) is 6.12. The zero-order chi connectivity index (χ0) is 14.5. The molecule has 1 atom stereocenters. The summed E-state index contributed by atoms with van der Waals surface area (Å²) in [6, 6.07) is 10.8. The van der Waals surface area contributed by atoms with Crippen LogP contribution in [0.5, 0.6) is 0 Å². The minimum atomic E-state index is -0.713. The number of aromatic amines is 1. The Balaban J connectivity index is 2.14. The van der Waals surface area contributed by atoms with Crippen LogP contribution in [-0.2, 0) is 0 Å². The van der Waals surface area contributed by atoms with Gasteiger partial charge in [-0.05, 0) is 11.6 Å². The number of benzene rings is 1. The van der Waals surface area contributed by atoms with Gasteiger partial charge in [0.1, 0.15) is 11.4 Å². The molecule has 6 heteroatoms. The molecule has 0 saturated carbocycles. The van der Waals surface area contributed by atoms with Crippen LogP contribution in [0.4, 0.5) is 5.69 Å². The summed E-state index contributed by atoms with van der Waals surface area (Å²) in [5.74, 6) is -0.316. The van der Waals surface area contributed by atoms with Crippen molar-refractivity contribution in [3.05, 3.63) is 64.1 Å². The molecule has 20 heavy (non-hydrogen) atoms. The smallest absolute Gasteiger partial charge is 0.261 e. The maximum Gasteiger partial charge on any atom is 0.261 e. The van der Waals surface area contributed by atoms with Crippen LogP contribution >= 0.6 is 0 Å². The van der Waals surface area contributed by atoms with E-state index in [-0.39, 0.29) is 17.9 Å². The second kappa shape index (κ2) is 6.03. The van der Waals surface area contributed by atoms with E-state index in [2.05, 4.69) is 10.3 Å². The lowest BCUT2D eigenvalue weighted by Gasteiger charge is -2.14. The number of aromatic nitrogens is 1. The van der Waals surface area contributed by atoms with Gasteiger partial charge in [-0.3, -0.25) is 10.2 Å². The van der Waals surface area contributed by atoms with E-state index in [1.54, 1.807) is 6.07 Å². The van der Waals surface area contributed by atoms with Crippen LogP contribution < -0.4 is 16.6 Å². The Bertz CT molecular complexity index is 652. The topological polar surface area (TPSA) is 115 Å². The molecule has 6 N–H and O–H groups in total. The fourth-order valence-electron chi connectivity index (χ4n) is 1.89. The number of hydrogen-bond acceptors (Lipinski definition) is 4. The summed E-state index contributed by atoms with van der Waals surface area (Å²) < 4.78 is 0. The van der Waals surface area contributed by atoms with E-state index >= 15 is 0 Å². The first-order valence-corrected chi connectivity index (χ1v) is 6.12. The molecule has 0 fully saturated rings. The molecule has 0 radical (unpaired) electrons. The number of nitrogens with one attached hydrogen (secondary N) is 3. The van der Waals surface area contributed by atoms with Gasteiger partial charge in [-0.2, -0.15) is 0 Å². The maximum atomic E-state index is 11.6. The quantitative estimate of drug-likeness (QED) is 0.409. The predicted octanol–water partition coefficient (Wildman–Crippen LogP) is 0.804. The summed E-state index contributed by atoms with van der Waals surface area (Å²) in [5, 5.41) is 20.4. The molecule has 0 unspecified atom stereocenters. The molecule has 0 amide bonds. The van der Waals surface area contributed by atoms with Crippen LogP contribution in [0.1, 0.15) is 17.2 Å². The van der Waals surface area contributed by atoms with Crippen molar-refractivity contribution in [2.24, 2.45) is 5.73 Å². The normalized spacial score (nSPS) is 11.8. The van der Waals surface area contributed by atoms with Crippen LogP contribution in [0.3, 0.4) is 0 Å². The van der Waals surface area contributed by atoms with E-state index in [0.29, 0.717) is 5.69 Å². The number of rotatable bonds is 5. The summed E-state index contributed by atoms with van der Waals surface area (Å²) in [5.41, 5.74) is 6.24. The van der Waals surface area contributed by atoms with E-state index in [1.165, 1.54) is 6.20 Å². The molecule has 0 bridgehead atoms. The molecule has 0 spiro atoms. The Kier molecular flexibility index (Phi) is 4.17. The number of aliphatic hydroxyl groups is 1. The number of nitrogens with two attached hydrogens (primary N) is 1. The van der Waals surface area contributed by atoms with E-state index < -0.39 is 11.7 Å². The molecule has 2 aromatic rings. The third-order valence-electron chi connectivity index (χ3n) is 2.90. The lowest BCUT2D eigenvalue weighted by Crippen LogP contribution is -2.26. The summed E-state index contributed by atoms with van der Waals surface area (Å²) in [7, 11) is 0. The lowest BCUT2D eigenvalue weighted by atomic mass is 10.1. The number of pyridine rings is 1. The van der Waals surface area contributed by atoms with Crippen molar-refractivity contribution in [3.63, 3.8) is 0 Å². The molecule has 1 aromatic carbocycles. The Hall–Kier alpha value is -2.60. The highest BCUT2D eigenvalue weighted by Crippen LogP contribution is 2.15. The highest BCUT2D eigenvalue weighted by Gasteiger charge is 2.12. The summed E-state index contributed by atoms with van der Waals surface area (Å²) in [4.78, 5) is 14.1. The van der Waals surface area contributed by atoms with Gasteiger partial charge in [0.25, 0.3) is 5.56 Å². The summed E-state index contributed by atoms with van der Waals surface area (Å²) in [6.07, 6.45) is 0.752. The number of hydrogen-bond donors (Lipinski definition) is 5. The number of anilines is 1. The fraction of sp³-hybridized carbons (Fsp3) is 0.143. The molecule has 2 rings (SSSR count). The van der Waals surface area contributed by atoms with E-state index in [0.717, 1.165) is 5.56 Å². The Morgan fingerprint density at radius 1 is 1.35 bits per heavy atom. The van der Waals surface area contributed by atoms with Crippen molar-refractivity contribution in [1.82, 2.24) is 4.98 Å². The monoisotopic (exact) mass is 272 g/mol. The molecule has 1 aromatic heterocycles. The highest BCUT2D eigenvalue weighted by atomic mass is 16.3. The Morgan fingerprint density at radius 3 is 2.70 bits per heavy atom. The van der Waals surface area contributed by atoms with Gasteiger partial charge in [0.05, 0.1) is 11.8 Å². The minimum absolute atomic E-state index is 0.0766. The van der Waals surface area contributed by atoms with Gasteiger partial charge >= 0.3 is 0 Å². The van der Waals surface area contributed by atoms with Gasteiger partial charge in [-0.25, -0.2) is 0 Å². The molecule has 0 aliphatic carbocycles. The van der Waals surface area contributed by atoms with E-state index in [4.69, 9.17) is 11.1 Å². The first kappa shape index (κ1) is 13.8. The van der Waals surface area contributed by atoms with Crippen molar-refractivity contribution >= 4 is 11.5 Å². The Labute approximate surface area is 115 Å². The average Bonchev–Trinajstić information content (AvgIpc) is 2.45. The van der Waals surface area contributed by atoms with Gasteiger partial charge in [0.2, 0.25) is 0 Å². The van der Waals surface area contributed by atoms with Gasteiger partial charge in [0.15, 0.2) is 0 Å². The van der Waals surface area contributed by atoms with E-state index in [1.807, 2.05) is 30.3 Å². The maximum absolute atomic E-state index is 11.6. The van der Waals surface area contributed by atoms with Crippen molar-refractivity contribution in [2.45, 2.75) is 6.10 Å². The van der Waals surface area contributed by atoms with Gasteiger partial charge in [-0.1, -0.05) is 30.3 Å². The Morgan fingerprint density at radius 2 is 2.05 bits per heavy atom. The average molecular weight is 272 g/mol.